The Morgan fingerprint density at radius 1 is 1.42 bits per heavy atom. The highest BCUT2D eigenvalue weighted by atomic mass is 35.5. The summed E-state index contributed by atoms with van der Waals surface area (Å²) in [5.41, 5.74) is 0.589. The number of ether oxygens (including phenoxy) is 1. The van der Waals surface area contributed by atoms with Crippen LogP contribution in [0, 0.1) is 6.92 Å². The van der Waals surface area contributed by atoms with Crippen LogP contribution in [0.2, 0.25) is 5.02 Å². The fraction of sp³-hybridized carbons (Fsp3) is 0.500. The molecule has 0 saturated carbocycles. The lowest BCUT2D eigenvalue weighted by molar-refractivity contribution is 0.414. The number of benzene rings is 1. The van der Waals surface area contributed by atoms with Gasteiger partial charge in [-0.05, 0) is 38.6 Å². The fourth-order valence-corrected chi connectivity index (χ4v) is 3.18. The van der Waals surface area contributed by atoms with E-state index in [-0.39, 0.29) is 16.0 Å². The number of hydrogen-bond acceptors (Lipinski definition) is 4. The molecule has 0 aliphatic carbocycles. The van der Waals surface area contributed by atoms with Gasteiger partial charge in [-0.3, -0.25) is 0 Å². The van der Waals surface area contributed by atoms with Gasteiger partial charge in [0.25, 0.3) is 0 Å². The van der Waals surface area contributed by atoms with E-state index in [1.807, 2.05) is 6.92 Å². The first kappa shape index (κ1) is 16.2. The second kappa shape index (κ2) is 6.56. The van der Waals surface area contributed by atoms with Crippen LogP contribution in [-0.4, -0.2) is 35.2 Å². The van der Waals surface area contributed by atoms with Crippen molar-refractivity contribution in [3.05, 3.63) is 22.7 Å². The molecule has 1 aromatic rings. The molecule has 19 heavy (non-hydrogen) atoms. The average molecular weight is 307 g/mol. The minimum Gasteiger partial charge on any atom is -0.495 e. The Kier molecular flexibility index (Phi) is 5.61. The van der Waals surface area contributed by atoms with Crippen molar-refractivity contribution in [3.63, 3.8) is 0 Å². The normalized spacial score (nSPS) is 13.3. The van der Waals surface area contributed by atoms with Crippen molar-refractivity contribution in [2.75, 3.05) is 20.7 Å². The Morgan fingerprint density at radius 3 is 2.58 bits per heavy atom. The standard InChI is InChI=1S/C12H19ClN2O3S/c1-8-5-11(18-4)10(13)6-12(8)19(16,17)15-7-9(2)14-3/h5-6,9,14-15H,7H2,1-4H3. The van der Waals surface area contributed by atoms with Gasteiger partial charge >= 0.3 is 0 Å². The zero-order valence-corrected chi connectivity index (χ0v) is 13.0. The quantitative estimate of drug-likeness (QED) is 0.836. The first-order valence-electron chi connectivity index (χ1n) is 5.83. The molecule has 0 aromatic heterocycles. The van der Waals surface area contributed by atoms with E-state index in [0.717, 1.165) is 0 Å². The molecular weight excluding hydrogens is 288 g/mol. The van der Waals surface area contributed by atoms with Crippen molar-refractivity contribution in [1.82, 2.24) is 10.0 Å². The van der Waals surface area contributed by atoms with E-state index in [4.69, 9.17) is 16.3 Å². The van der Waals surface area contributed by atoms with Gasteiger partial charge in [0, 0.05) is 12.6 Å². The third-order valence-corrected chi connectivity index (χ3v) is 4.67. The van der Waals surface area contributed by atoms with Gasteiger partial charge in [-0.1, -0.05) is 11.6 Å². The smallest absolute Gasteiger partial charge is 0.240 e. The van der Waals surface area contributed by atoms with E-state index < -0.39 is 10.0 Å². The van der Waals surface area contributed by atoms with Crippen molar-refractivity contribution < 1.29 is 13.2 Å². The molecule has 2 N–H and O–H groups in total. The Hall–Kier alpha value is -0.820. The van der Waals surface area contributed by atoms with Crippen LogP contribution in [0.5, 0.6) is 5.75 Å². The summed E-state index contributed by atoms with van der Waals surface area (Å²) >= 11 is 5.97. The van der Waals surface area contributed by atoms with Crippen LogP contribution in [0.25, 0.3) is 0 Å². The van der Waals surface area contributed by atoms with Crippen LogP contribution >= 0.6 is 11.6 Å². The number of methoxy groups -OCH3 is 1. The summed E-state index contributed by atoms with van der Waals surface area (Å²) in [5.74, 6) is 0.460. The average Bonchev–Trinajstić information content (AvgIpc) is 2.38. The highest BCUT2D eigenvalue weighted by Crippen LogP contribution is 2.29. The summed E-state index contributed by atoms with van der Waals surface area (Å²) in [7, 11) is -0.314. The lowest BCUT2D eigenvalue weighted by Gasteiger charge is -2.14. The molecule has 0 saturated heterocycles. The largest absolute Gasteiger partial charge is 0.495 e. The third-order valence-electron chi connectivity index (χ3n) is 2.81. The Balaban J connectivity index is 3.05. The van der Waals surface area contributed by atoms with Crippen molar-refractivity contribution in [3.8, 4) is 5.75 Å². The number of halogens is 1. The van der Waals surface area contributed by atoms with Crippen LogP contribution < -0.4 is 14.8 Å². The van der Waals surface area contributed by atoms with Gasteiger partial charge in [0.2, 0.25) is 10.0 Å². The van der Waals surface area contributed by atoms with Crippen molar-refractivity contribution in [1.29, 1.82) is 0 Å². The molecule has 0 heterocycles. The molecule has 0 fully saturated rings. The van der Waals surface area contributed by atoms with Gasteiger partial charge in [-0.2, -0.15) is 0 Å². The number of hydrogen-bond donors (Lipinski definition) is 2. The first-order chi connectivity index (χ1) is 8.81. The molecule has 1 unspecified atom stereocenters. The third kappa shape index (κ3) is 4.07. The number of nitrogens with one attached hydrogen (secondary N) is 2. The van der Waals surface area contributed by atoms with Gasteiger partial charge in [-0.15, -0.1) is 0 Å². The second-order valence-corrected chi connectivity index (χ2v) is 6.44. The predicted molar refractivity (Wildman–Crippen MR) is 76.5 cm³/mol. The summed E-state index contributed by atoms with van der Waals surface area (Å²) in [5, 5.41) is 3.23. The van der Waals surface area contributed by atoms with Crippen LogP contribution in [0.3, 0.4) is 0 Å². The molecule has 1 aromatic carbocycles. The SMILES string of the molecule is CNC(C)CNS(=O)(=O)c1cc(Cl)c(OC)cc1C. The lowest BCUT2D eigenvalue weighted by Crippen LogP contribution is -2.37. The van der Waals surface area contributed by atoms with E-state index in [9.17, 15) is 8.42 Å². The molecule has 0 aliphatic rings. The molecule has 5 nitrogen and oxygen atoms in total. The maximum atomic E-state index is 12.2. The van der Waals surface area contributed by atoms with Crippen LogP contribution in [0.15, 0.2) is 17.0 Å². The van der Waals surface area contributed by atoms with Gasteiger partial charge in [-0.25, -0.2) is 13.1 Å². The van der Waals surface area contributed by atoms with Gasteiger partial charge in [0.15, 0.2) is 0 Å². The highest BCUT2D eigenvalue weighted by molar-refractivity contribution is 7.89. The van der Waals surface area contributed by atoms with E-state index >= 15 is 0 Å². The molecule has 0 radical (unpaired) electrons. The van der Waals surface area contributed by atoms with Crippen LogP contribution in [-0.2, 0) is 10.0 Å². The number of rotatable bonds is 6. The number of aryl methyl sites for hydroxylation is 1. The summed E-state index contributed by atoms with van der Waals surface area (Å²) in [6.07, 6.45) is 0. The number of likely N-dealkylation sites (N-methyl/N-ethyl adjacent to an activating group) is 1. The molecule has 1 atom stereocenters. The molecule has 108 valence electrons. The Morgan fingerprint density at radius 2 is 2.05 bits per heavy atom. The highest BCUT2D eigenvalue weighted by Gasteiger charge is 2.19. The summed E-state index contributed by atoms with van der Waals surface area (Å²) < 4.78 is 32.0. The molecular formula is C12H19ClN2O3S. The first-order valence-corrected chi connectivity index (χ1v) is 7.69. The van der Waals surface area contributed by atoms with Gasteiger partial charge in [0.05, 0.1) is 17.0 Å². The maximum Gasteiger partial charge on any atom is 0.240 e. The molecule has 0 spiro atoms. The van der Waals surface area contributed by atoms with E-state index in [1.54, 1.807) is 20.0 Å². The van der Waals surface area contributed by atoms with Gasteiger partial charge < -0.3 is 10.1 Å². The van der Waals surface area contributed by atoms with Crippen LogP contribution in [0.4, 0.5) is 0 Å². The molecule has 1 rings (SSSR count). The summed E-state index contributed by atoms with van der Waals surface area (Å²) in [6, 6.07) is 3.06. The topological polar surface area (TPSA) is 67.4 Å². The van der Waals surface area contributed by atoms with Crippen LogP contribution in [0.1, 0.15) is 12.5 Å². The zero-order chi connectivity index (χ0) is 14.6. The minimum absolute atomic E-state index is 0.0452. The predicted octanol–water partition coefficient (Wildman–Crippen LogP) is 1.54. The summed E-state index contributed by atoms with van der Waals surface area (Å²) in [4.78, 5) is 0.168. The minimum atomic E-state index is -3.57. The Bertz CT molecular complexity index is 546. The van der Waals surface area contributed by atoms with Crippen molar-refractivity contribution in [2.45, 2.75) is 24.8 Å². The van der Waals surface area contributed by atoms with E-state index in [1.165, 1.54) is 13.2 Å². The second-order valence-electron chi connectivity index (χ2n) is 4.29. The monoisotopic (exact) mass is 306 g/mol. The van der Waals surface area contributed by atoms with E-state index in [0.29, 0.717) is 17.9 Å². The molecule has 0 amide bonds. The Labute approximate surface area is 119 Å². The lowest BCUT2D eigenvalue weighted by atomic mass is 10.2. The molecule has 0 bridgehead atoms. The molecule has 0 aliphatic heterocycles. The summed E-state index contributed by atoms with van der Waals surface area (Å²) in [6.45, 7) is 3.90. The number of sulfonamides is 1. The van der Waals surface area contributed by atoms with Gasteiger partial charge in [0.1, 0.15) is 5.75 Å². The maximum absolute atomic E-state index is 12.2. The zero-order valence-electron chi connectivity index (χ0n) is 11.5. The molecule has 7 heteroatoms. The van der Waals surface area contributed by atoms with E-state index in [2.05, 4.69) is 10.0 Å². The van der Waals surface area contributed by atoms with Crippen molar-refractivity contribution in [2.24, 2.45) is 0 Å². The fourth-order valence-electron chi connectivity index (χ4n) is 1.50. The van der Waals surface area contributed by atoms with Crippen molar-refractivity contribution >= 4 is 21.6 Å².